The molecule has 21 heavy (non-hydrogen) atoms. The summed E-state index contributed by atoms with van der Waals surface area (Å²) in [6, 6.07) is 0. The summed E-state index contributed by atoms with van der Waals surface area (Å²) >= 11 is 28.8. The maximum absolute atomic E-state index is 12.3. The van der Waals surface area contributed by atoms with Gasteiger partial charge in [0.25, 0.3) is 5.79 Å². The summed E-state index contributed by atoms with van der Waals surface area (Å²) in [5.41, 5.74) is 0. The van der Waals surface area contributed by atoms with E-state index >= 15 is 0 Å². The first-order valence-corrected chi connectivity index (χ1v) is 7.91. The number of hydrogen-bond donors (Lipinski definition) is 0. The van der Waals surface area contributed by atoms with E-state index in [4.69, 9.17) is 60.6 Å². The second kappa shape index (κ2) is 4.22. The van der Waals surface area contributed by atoms with Crippen molar-refractivity contribution in [2.45, 2.75) is 19.9 Å². The van der Waals surface area contributed by atoms with Crippen molar-refractivity contribution in [1.29, 1.82) is 0 Å². The van der Waals surface area contributed by atoms with E-state index in [0.29, 0.717) is 0 Å². The second-order valence-electron chi connectivity index (χ2n) is 4.88. The van der Waals surface area contributed by atoms with Crippen LogP contribution in [-0.4, -0.2) is 46.0 Å². The van der Waals surface area contributed by atoms with Crippen molar-refractivity contribution < 1.29 is 23.8 Å². The van der Waals surface area contributed by atoms with Gasteiger partial charge in [0.2, 0.25) is 0 Å². The van der Waals surface area contributed by atoms with Crippen molar-refractivity contribution >= 4 is 74.3 Å². The predicted molar refractivity (Wildman–Crippen MR) is 78.9 cm³/mol. The lowest BCUT2D eigenvalue weighted by Crippen LogP contribution is -2.60. The third-order valence-corrected chi connectivity index (χ3v) is 8.55. The topological polar surface area (TPSA) is 61.8 Å². The molecule has 0 spiro atoms. The van der Waals surface area contributed by atoms with E-state index in [1.807, 2.05) is 0 Å². The number of hydrogen-bond acceptors (Lipinski definition) is 5. The summed E-state index contributed by atoms with van der Waals surface area (Å²) in [6.45, 7) is 0. The van der Waals surface area contributed by atoms with Crippen LogP contribution in [0.25, 0.3) is 0 Å². The highest BCUT2D eigenvalue weighted by atomic mass is 79.9. The molecule has 1 saturated carbocycles. The van der Waals surface area contributed by atoms with Crippen LogP contribution in [0.5, 0.6) is 0 Å². The molecule has 4 bridgehead atoms. The van der Waals surface area contributed by atoms with Crippen LogP contribution in [0.4, 0.5) is 0 Å². The molecule has 2 fully saturated rings. The fourth-order valence-electron chi connectivity index (χ4n) is 3.42. The Hall–Kier alpha value is 0.280. The van der Waals surface area contributed by atoms with Gasteiger partial charge in [-0.3, -0.25) is 9.59 Å². The monoisotopic (exact) mass is 438 g/mol. The molecule has 116 valence electrons. The second-order valence-corrected chi connectivity index (χ2v) is 8.05. The highest BCUT2D eigenvalue weighted by Crippen LogP contribution is 2.80. The molecule has 5 nitrogen and oxygen atoms in total. The average Bonchev–Trinajstić information content (AvgIpc) is 2.77. The number of esters is 2. The quantitative estimate of drug-likeness (QED) is 0.487. The molecule has 0 aromatic carbocycles. The molecule has 3 rings (SSSR count). The maximum atomic E-state index is 12.3. The van der Waals surface area contributed by atoms with Crippen molar-refractivity contribution in [1.82, 2.24) is 0 Å². The zero-order valence-electron chi connectivity index (χ0n) is 10.5. The van der Waals surface area contributed by atoms with Crippen molar-refractivity contribution in [3.05, 3.63) is 10.1 Å². The van der Waals surface area contributed by atoms with Crippen LogP contribution in [0.1, 0.15) is 0 Å². The molecule has 0 radical (unpaired) electrons. The predicted octanol–water partition coefficient (Wildman–Crippen LogP) is 2.48. The number of rotatable bonds is 2. The van der Waals surface area contributed by atoms with Gasteiger partial charge in [-0.15, -0.1) is 23.2 Å². The number of carbonyl (C=O) groups excluding carboxylic acids is 2. The van der Waals surface area contributed by atoms with Crippen LogP contribution >= 0.6 is 62.3 Å². The Morgan fingerprint density at radius 1 is 1.29 bits per heavy atom. The zero-order valence-corrected chi connectivity index (χ0v) is 15.1. The molecule has 0 aromatic heterocycles. The highest BCUT2D eigenvalue weighted by molar-refractivity contribution is 9.10. The van der Waals surface area contributed by atoms with Crippen molar-refractivity contribution in [2.24, 2.45) is 5.92 Å². The van der Waals surface area contributed by atoms with E-state index in [-0.39, 0.29) is 10.1 Å². The summed E-state index contributed by atoms with van der Waals surface area (Å²) in [4.78, 5) is 21.0. The van der Waals surface area contributed by atoms with Gasteiger partial charge in [-0.2, -0.15) is 0 Å². The molecule has 10 heteroatoms. The molecule has 0 amide bonds. The van der Waals surface area contributed by atoms with Crippen LogP contribution < -0.4 is 0 Å². The SMILES string of the molecule is COC(=O)[C@@H]1[C@]2(Cl)C(Cl)=C(Cl)[C@@]3(Cl)[C@]2(OC)OC(=O)[C@@]13Br. The van der Waals surface area contributed by atoms with Gasteiger partial charge in [0.05, 0.1) is 17.2 Å². The van der Waals surface area contributed by atoms with Gasteiger partial charge in [0, 0.05) is 7.11 Å². The van der Waals surface area contributed by atoms with Crippen molar-refractivity contribution in [2.75, 3.05) is 14.2 Å². The molecular weight excluding hydrogens is 434 g/mol. The zero-order chi connectivity index (χ0) is 16.0. The van der Waals surface area contributed by atoms with Crippen molar-refractivity contribution in [3.63, 3.8) is 0 Å². The standard InChI is InChI=1S/C11H7BrCl4O5/c1-19-6(17)3-8(12)7(18)21-11(20-2)9(3,15)4(13)5(14)10(8,11)16/h3H,1-2H3/t3-,8-,9-,10-,11+/m0/s1. The fraction of sp³-hybridized carbons (Fsp3) is 0.636. The smallest absolute Gasteiger partial charge is 0.329 e. The number of methoxy groups -OCH3 is 2. The van der Waals surface area contributed by atoms with E-state index in [1.165, 1.54) is 7.11 Å². The highest BCUT2D eigenvalue weighted by Gasteiger charge is 2.98. The van der Waals surface area contributed by atoms with Gasteiger partial charge in [-0.05, 0) is 0 Å². The summed E-state index contributed by atoms with van der Waals surface area (Å²) in [5.74, 6) is -4.81. The van der Waals surface area contributed by atoms with Crippen LogP contribution in [0.2, 0.25) is 0 Å². The third kappa shape index (κ3) is 1.20. The van der Waals surface area contributed by atoms with E-state index in [1.54, 1.807) is 0 Å². The summed E-state index contributed by atoms with van der Waals surface area (Å²) in [7, 11) is 2.39. The van der Waals surface area contributed by atoms with Gasteiger partial charge in [0.15, 0.2) is 14.1 Å². The van der Waals surface area contributed by atoms with Crippen LogP contribution in [0.15, 0.2) is 10.1 Å². The average molecular weight is 441 g/mol. The number of halogens is 5. The van der Waals surface area contributed by atoms with E-state index in [2.05, 4.69) is 15.9 Å². The normalized spacial score (nSPS) is 50.6. The summed E-state index contributed by atoms with van der Waals surface area (Å²) in [5, 5.41) is -0.216. The van der Waals surface area contributed by atoms with Gasteiger partial charge < -0.3 is 14.2 Å². The van der Waals surface area contributed by atoms with E-state index in [9.17, 15) is 9.59 Å². The molecule has 5 atom stereocenters. The lowest BCUT2D eigenvalue weighted by Gasteiger charge is -2.42. The van der Waals surface area contributed by atoms with Gasteiger partial charge in [0.1, 0.15) is 5.92 Å². The largest absolute Gasteiger partial charge is 0.469 e. The first-order chi connectivity index (χ1) is 9.61. The van der Waals surface area contributed by atoms with Crippen molar-refractivity contribution in [3.8, 4) is 0 Å². The lowest BCUT2D eigenvalue weighted by atomic mass is 9.81. The van der Waals surface area contributed by atoms with Gasteiger partial charge in [-0.1, -0.05) is 39.1 Å². The minimum absolute atomic E-state index is 0.106. The van der Waals surface area contributed by atoms with Crippen LogP contribution in [-0.2, 0) is 23.8 Å². The Morgan fingerprint density at radius 3 is 2.29 bits per heavy atom. The number of alkyl halides is 3. The maximum Gasteiger partial charge on any atom is 0.329 e. The van der Waals surface area contributed by atoms with Gasteiger partial charge >= 0.3 is 11.9 Å². The Labute approximate surface area is 147 Å². The Morgan fingerprint density at radius 2 is 1.86 bits per heavy atom. The molecule has 3 aliphatic rings. The summed E-state index contributed by atoms with van der Waals surface area (Å²) < 4.78 is 13.6. The van der Waals surface area contributed by atoms with Gasteiger partial charge in [-0.25, -0.2) is 0 Å². The molecule has 0 unspecified atom stereocenters. The lowest BCUT2D eigenvalue weighted by molar-refractivity contribution is -0.221. The Kier molecular flexibility index (Phi) is 3.24. The van der Waals surface area contributed by atoms with E-state index < -0.39 is 37.7 Å². The van der Waals surface area contributed by atoms with Crippen LogP contribution in [0.3, 0.4) is 0 Å². The third-order valence-electron chi connectivity index (χ3n) is 4.30. The molecular formula is C11H7BrCl4O5. The summed E-state index contributed by atoms with van der Waals surface area (Å²) in [6.07, 6.45) is 0. The molecule has 0 aromatic rings. The Balaban J connectivity index is 2.42. The first kappa shape index (κ1) is 16.1. The minimum Gasteiger partial charge on any atom is -0.469 e. The first-order valence-electron chi connectivity index (χ1n) is 5.60. The van der Waals surface area contributed by atoms with E-state index in [0.717, 1.165) is 7.11 Å². The molecule has 1 saturated heterocycles. The Bertz CT molecular complexity index is 626. The molecule has 0 N–H and O–H groups in total. The molecule has 2 aliphatic carbocycles. The minimum atomic E-state index is -1.92. The van der Waals surface area contributed by atoms with Crippen LogP contribution in [0, 0.1) is 5.92 Å². The fourth-order valence-corrected chi connectivity index (χ4v) is 6.83. The molecule has 1 aliphatic heterocycles. The number of carbonyl (C=O) groups is 2. The molecule has 1 heterocycles. The number of ether oxygens (including phenoxy) is 3.